The van der Waals surface area contributed by atoms with Gasteiger partial charge >= 0.3 is 11.9 Å². The van der Waals surface area contributed by atoms with Gasteiger partial charge < -0.3 is 15.2 Å². The van der Waals surface area contributed by atoms with E-state index in [9.17, 15) is 32.3 Å². The van der Waals surface area contributed by atoms with Crippen LogP contribution >= 0.6 is 0 Å². The van der Waals surface area contributed by atoms with E-state index in [0.717, 1.165) is 16.7 Å². The van der Waals surface area contributed by atoms with Crippen LogP contribution in [0.15, 0.2) is 35.1 Å². The van der Waals surface area contributed by atoms with Crippen molar-refractivity contribution in [1.29, 1.82) is 0 Å². The number of ether oxygens (including phenoxy) is 1. The van der Waals surface area contributed by atoms with E-state index < -0.39 is 59.1 Å². The zero-order valence-electron chi connectivity index (χ0n) is 18.8. The Morgan fingerprint density at radius 1 is 1.23 bits per heavy atom. The second kappa shape index (κ2) is 9.86. The third-order valence-electron chi connectivity index (χ3n) is 5.14. The number of rotatable bonds is 7. The average Bonchev–Trinajstić information content (AvgIpc) is 3.11. The standard InChI is InChI=1S/C22H21F5N4O4/c1-4-30-18(10-32)29-31(21(30)34)16-9-17(35-12(3)22(25,26)27)13(8-15(16)24)20(33)28-19-11(2)6-5-7-14(19)23/h5-9,12,32H,4,10H2,1-3H3,(H,28,33). The van der Waals surface area contributed by atoms with Gasteiger partial charge in [0, 0.05) is 12.6 Å². The lowest BCUT2D eigenvalue weighted by Gasteiger charge is -2.20. The Morgan fingerprint density at radius 2 is 1.91 bits per heavy atom. The molecule has 3 aromatic rings. The highest BCUT2D eigenvalue weighted by molar-refractivity contribution is 6.06. The summed E-state index contributed by atoms with van der Waals surface area (Å²) in [4.78, 5) is 25.5. The number of amides is 1. The van der Waals surface area contributed by atoms with Crippen LogP contribution in [-0.2, 0) is 13.2 Å². The highest BCUT2D eigenvalue weighted by atomic mass is 19.4. The van der Waals surface area contributed by atoms with Gasteiger partial charge in [0.15, 0.2) is 11.9 Å². The van der Waals surface area contributed by atoms with Crippen LogP contribution < -0.4 is 15.7 Å². The molecule has 0 radical (unpaired) electrons. The normalized spacial score (nSPS) is 12.5. The summed E-state index contributed by atoms with van der Waals surface area (Å²) in [7, 11) is 0. The largest absolute Gasteiger partial charge is 0.480 e. The molecule has 3 rings (SSSR count). The number of carbonyl (C=O) groups is 1. The number of carbonyl (C=O) groups excluding carboxylic acids is 1. The zero-order chi connectivity index (χ0) is 26.1. The first-order valence-electron chi connectivity index (χ1n) is 10.3. The minimum absolute atomic E-state index is 0.0767. The molecular weight excluding hydrogens is 479 g/mol. The molecule has 0 fully saturated rings. The number of benzene rings is 2. The molecule has 0 aliphatic heterocycles. The fourth-order valence-corrected chi connectivity index (χ4v) is 3.24. The van der Waals surface area contributed by atoms with Crippen molar-refractivity contribution in [3.63, 3.8) is 0 Å². The number of halogens is 5. The zero-order valence-corrected chi connectivity index (χ0v) is 18.8. The predicted molar refractivity (Wildman–Crippen MR) is 115 cm³/mol. The van der Waals surface area contributed by atoms with Crippen LogP contribution in [0.2, 0.25) is 0 Å². The second-order valence-electron chi connectivity index (χ2n) is 7.50. The molecule has 2 N–H and O–H groups in total. The Morgan fingerprint density at radius 3 is 2.46 bits per heavy atom. The van der Waals surface area contributed by atoms with Crippen LogP contribution in [0.25, 0.3) is 5.69 Å². The molecule has 0 saturated heterocycles. The maximum absolute atomic E-state index is 15.1. The second-order valence-corrected chi connectivity index (χ2v) is 7.50. The van der Waals surface area contributed by atoms with Gasteiger partial charge in [0.25, 0.3) is 5.91 Å². The first kappa shape index (κ1) is 25.9. The summed E-state index contributed by atoms with van der Waals surface area (Å²) in [6.45, 7) is 3.15. The van der Waals surface area contributed by atoms with Crippen LogP contribution in [-0.4, -0.2) is 37.6 Å². The number of anilines is 1. The van der Waals surface area contributed by atoms with Crippen molar-refractivity contribution in [3.8, 4) is 11.4 Å². The minimum atomic E-state index is -4.84. The molecule has 1 unspecified atom stereocenters. The van der Waals surface area contributed by atoms with E-state index in [1.165, 1.54) is 19.1 Å². The molecule has 1 heterocycles. The molecule has 13 heteroatoms. The van der Waals surface area contributed by atoms with Crippen molar-refractivity contribution in [3.05, 3.63) is 69.4 Å². The fourth-order valence-electron chi connectivity index (χ4n) is 3.24. The number of para-hydroxylation sites is 1. The van der Waals surface area contributed by atoms with Gasteiger partial charge in [-0.2, -0.15) is 17.9 Å². The molecule has 0 aliphatic rings. The Labute approximate surface area is 195 Å². The number of nitrogens with zero attached hydrogens (tertiary/aromatic N) is 3. The highest BCUT2D eigenvalue weighted by Gasteiger charge is 2.39. The summed E-state index contributed by atoms with van der Waals surface area (Å²) in [5, 5.41) is 15.4. The van der Waals surface area contributed by atoms with Crippen molar-refractivity contribution >= 4 is 11.6 Å². The van der Waals surface area contributed by atoms with Gasteiger partial charge in [0.2, 0.25) is 0 Å². The number of nitrogens with one attached hydrogen (secondary N) is 1. The third-order valence-corrected chi connectivity index (χ3v) is 5.14. The van der Waals surface area contributed by atoms with E-state index in [1.54, 1.807) is 6.92 Å². The summed E-state index contributed by atoms with van der Waals surface area (Å²) in [5.41, 5.74) is -2.09. The smallest absolute Gasteiger partial charge is 0.425 e. The molecule has 1 amide bonds. The molecular formula is C22H21F5N4O4. The lowest BCUT2D eigenvalue weighted by Crippen LogP contribution is -2.32. The van der Waals surface area contributed by atoms with E-state index in [1.807, 2.05) is 0 Å². The molecule has 0 aliphatic carbocycles. The lowest BCUT2D eigenvalue weighted by molar-refractivity contribution is -0.189. The SMILES string of the molecule is CCn1c(CO)nn(-c2cc(OC(C)C(F)(F)F)c(C(=O)Nc3c(C)cccc3F)cc2F)c1=O. The molecule has 2 aromatic carbocycles. The third kappa shape index (κ3) is 5.19. The number of aliphatic hydroxyl groups excluding tert-OH is 1. The monoisotopic (exact) mass is 500 g/mol. The Bertz CT molecular complexity index is 1300. The van der Waals surface area contributed by atoms with Crippen molar-refractivity contribution in [2.45, 2.75) is 46.2 Å². The summed E-state index contributed by atoms with van der Waals surface area (Å²) >= 11 is 0. The number of hydrogen-bond acceptors (Lipinski definition) is 5. The lowest BCUT2D eigenvalue weighted by atomic mass is 10.1. The summed E-state index contributed by atoms with van der Waals surface area (Å²) in [5.74, 6) is -3.98. The Hall–Kier alpha value is -3.74. The van der Waals surface area contributed by atoms with E-state index in [0.29, 0.717) is 23.2 Å². The van der Waals surface area contributed by atoms with Crippen LogP contribution in [0.3, 0.4) is 0 Å². The molecule has 188 valence electrons. The maximum atomic E-state index is 15.1. The number of aromatic nitrogens is 3. The van der Waals surface area contributed by atoms with Gasteiger partial charge in [-0.3, -0.25) is 9.36 Å². The molecule has 8 nitrogen and oxygen atoms in total. The van der Waals surface area contributed by atoms with Crippen LogP contribution in [0.4, 0.5) is 27.6 Å². The molecule has 0 spiro atoms. The van der Waals surface area contributed by atoms with Crippen LogP contribution in [0.5, 0.6) is 5.75 Å². The van der Waals surface area contributed by atoms with Gasteiger partial charge in [-0.25, -0.2) is 13.6 Å². The van der Waals surface area contributed by atoms with E-state index in [4.69, 9.17) is 4.74 Å². The summed E-state index contributed by atoms with van der Waals surface area (Å²) in [6.07, 6.45) is -7.25. The van der Waals surface area contributed by atoms with Crippen molar-refractivity contribution in [2.24, 2.45) is 0 Å². The van der Waals surface area contributed by atoms with Gasteiger partial charge in [-0.05, 0) is 38.5 Å². The highest BCUT2D eigenvalue weighted by Crippen LogP contribution is 2.31. The first-order valence-corrected chi connectivity index (χ1v) is 10.3. The number of hydrogen-bond donors (Lipinski definition) is 2. The Kier molecular flexibility index (Phi) is 7.29. The molecule has 0 bridgehead atoms. The predicted octanol–water partition coefficient (Wildman–Crippen LogP) is 3.71. The molecule has 0 saturated carbocycles. The molecule has 1 atom stereocenters. The molecule has 35 heavy (non-hydrogen) atoms. The van der Waals surface area contributed by atoms with Gasteiger partial charge in [-0.15, -0.1) is 5.10 Å². The average molecular weight is 500 g/mol. The quantitative estimate of drug-likeness (QED) is 0.482. The van der Waals surface area contributed by atoms with Crippen LogP contribution in [0, 0.1) is 18.6 Å². The van der Waals surface area contributed by atoms with Crippen molar-refractivity contribution in [1.82, 2.24) is 14.3 Å². The fraction of sp³-hybridized carbons (Fsp3) is 0.318. The van der Waals surface area contributed by atoms with Gasteiger partial charge in [0.1, 0.15) is 29.7 Å². The van der Waals surface area contributed by atoms with Gasteiger partial charge in [0.05, 0.1) is 11.3 Å². The van der Waals surface area contributed by atoms with Crippen molar-refractivity contribution in [2.75, 3.05) is 5.32 Å². The Balaban J connectivity index is 2.16. The van der Waals surface area contributed by atoms with Crippen LogP contribution in [0.1, 0.15) is 35.6 Å². The van der Waals surface area contributed by atoms with E-state index in [-0.39, 0.29) is 18.1 Å². The molecule has 1 aromatic heterocycles. The van der Waals surface area contributed by atoms with E-state index >= 15 is 4.39 Å². The number of aryl methyl sites for hydroxylation is 1. The summed E-state index contributed by atoms with van der Waals surface area (Å²) < 4.78 is 75.3. The summed E-state index contributed by atoms with van der Waals surface area (Å²) in [6, 6.07) is 5.22. The van der Waals surface area contributed by atoms with Gasteiger partial charge in [-0.1, -0.05) is 12.1 Å². The maximum Gasteiger partial charge on any atom is 0.425 e. The number of aliphatic hydroxyl groups is 1. The first-order chi connectivity index (χ1) is 16.4. The van der Waals surface area contributed by atoms with Crippen molar-refractivity contribution < 1.29 is 36.6 Å². The number of alkyl halides is 3. The topological polar surface area (TPSA) is 98.4 Å². The van der Waals surface area contributed by atoms with E-state index in [2.05, 4.69) is 10.4 Å². The minimum Gasteiger partial charge on any atom is -0.480 e.